The van der Waals surface area contributed by atoms with Crippen LogP contribution in [0.5, 0.6) is 0 Å². The van der Waals surface area contributed by atoms with Crippen LogP contribution in [-0.2, 0) is 17.7 Å². The number of rotatable bonds is 2. The normalized spacial score (nSPS) is 13.4. The molecule has 23 heavy (non-hydrogen) atoms. The maximum atomic E-state index is 12.2. The van der Waals surface area contributed by atoms with E-state index in [1.54, 1.807) is 23.1 Å². The molecule has 0 fully saturated rings. The lowest BCUT2D eigenvalue weighted by Crippen LogP contribution is -2.35. The predicted molar refractivity (Wildman–Crippen MR) is 90.7 cm³/mol. The van der Waals surface area contributed by atoms with Crippen LogP contribution in [0.3, 0.4) is 0 Å². The zero-order chi connectivity index (χ0) is 16.4. The molecule has 0 radical (unpaired) electrons. The minimum absolute atomic E-state index is 0.206. The number of fused-ring (bicyclic) bond motifs is 1. The van der Waals surface area contributed by atoms with Crippen LogP contribution in [0.4, 0.5) is 9.93 Å². The summed E-state index contributed by atoms with van der Waals surface area (Å²) in [5.74, 6) is -0.206. The van der Waals surface area contributed by atoms with E-state index in [4.69, 9.17) is 4.74 Å². The average molecular weight is 396 g/mol. The van der Waals surface area contributed by atoms with Gasteiger partial charge in [0, 0.05) is 27.9 Å². The minimum Gasteiger partial charge on any atom is -0.453 e. The average Bonchev–Trinajstić information content (AvgIpc) is 2.95. The summed E-state index contributed by atoms with van der Waals surface area (Å²) in [4.78, 5) is 30.9. The van der Waals surface area contributed by atoms with Crippen LogP contribution in [0.1, 0.15) is 20.9 Å². The summed E-state index contributed by atoms with van der Waals surface area (Å²) in [6.07, 6.45) is 0.317. The molecule has 6 nitrogen and oxygen atoms in total. The van der Waals surface area contributed by atoms with Gasteiger partial charge in [-0.15, -0.1) is 0 Å². The predicted octanol–water partition coefficient (Wildman–Crippen LogP) is 3.28. The minimum atomic E-state index is -0.344. The molecule has 8 heteroatoms. The molecule has 1 aliphatic rings. The van der Waals surface area contributed by atoms with Crippen molar-refractivity contribution in [1.82, 2.24) is 9.88 Å². The maximum Gasteiger partial charge on any atom is 0.409 e. The molecule has 3 rings (SSSR count). The SMILES string of the molecule is COC(=O)N1CCc2nc(NC(=O)c3cccc(Br)c3)sc2C1. The Morgan fingerprint density at radius 3 is 3.00 bits per heavy atom. The van der Waals surface area contributed by atoms with Crippen LogP contribution >= 0.6 is 27.3 Å². The van der Waals surface area contributed by atoms with E-state index in [0.717, 1.165) is 15.0 Å². The fraction of sp³-hybridized carbons (Fsp3) is 0.267. The molecule has 0 saturated heterocycles. The number of benzene rings is 1. The molecule has 1 aromatic heterocycles. The Morgan fingerprint density at radius 1 is 1.43 bits per heavy atom. The Kier molecular flexibility index (Phi) is 4.63. The number of ether oxygens (including phenoxy) is 1. The Labute approximate surface area is 145 Å². The van der Waals surface area contributed by atoms with Crippen LogP contribution in [0.15, 0.2) is 28.7 Å². The number of anilines is 1. The number of halogens is 1. The second-order valence-corrected chi connectivity index (χ2v) is 6.99. The van der Waals surface area contributed by atoms with Gasteiger partial charge in [0.1, 0.15) is 0 Å². The van der Waals surface area contributed by atoms with Gasteiger partial charge >= 0.3 is 6.09 Å². The Balaban J connectivity index is 1.73. The van der Waals surface area contributed by atoms with Crippen LogP contribution in [-0.4, -0.2) is 35.5 Å². The highest BCUT2D eigenvalue weighted by atomic mass is 79.9. The molecule has 0 aliphatic carbocycles. The smallest absolute Gasteiger partial charge is 0.409 e. The Morgan fingerprint density at radius 2 is 2.26 bits per heavy atom. The van der Waals surface area contributed by atoms with E-state index in [-0.39, 0.29) is 12.0 Å². The molecular weight excluding hydrogens is 382 g/mol. The van der Waals surface area contributed by atoms with Crippen molar-refractivity contribution < 1.29 is 14.3 Å². The monoisotopic (exact) mass is 395 g/mol. The third-order valence-corrected chi connectivity index (χ3v) is 4.96. The van der Waals surface area contributed by atoms with Gasteiger partial charge < -0.3 is 9.64 Å². The molecule has 0 bridgehead atoms. The summed E-state index contributed by atoms with van der Waals surface area (Å²) in [5, 5.41) is 3.36. The molecule has 0 saturated carbocycles. The lowest BCUT2D eigenvalue weighted by Gasteiger charge is -2.24. The lowest BCUT2D eigenvalue weighted by atomic mass is 10.2. The van der Waals surface area contributed by atoms with Gasteiger partial charge in [-0.1, -0.05) is 33.3 Å². The number of hydrogen-bond donors (Lipinski definition) is 1. The van der Waals surface area contributed by atoms with E-state index in [1.165, 1.54) is 18.4 Å². The third kappa shape index (κ3) is 3.53. The van der Waals surface area contributed by atoms with E-state index < -0.39 is 0 Å². The first-order chi connectivity index (χ1) is 11.1. The quantitative estimate of drug-likeness (QED) is 0.846. The first-order valence-corrected chi connectivity index (χ1v) is 8.56. The molecule has 0 atom stereocenters. The van der Waals surface area contributed by atoms with Crippen molar-refractivity contribution in [2.75, 3.05) is 19.0 Å². The Bertz CT molecular complexity index is 762. The van der Waals surface area contributed by atoms with Crippen LogP contribution in [0, 0.1) is 0 Å². The summed E-state index contributed by atoms with van der Waals surface area (Å²) in [7, 11) is 1.37. The highest BCUT2D eigenvalue weighted by Gasteiger charge is 2.25. The van der Waals surface area contributed by atoms with Crippen molar-refractivity contribution in [3.05, 3.63) is 44.9 Å². The summed E-state index contributed by atoms with van der Waals surface area (Å²) in [5.41, 5.74) is 1.49. The summed E-state index contributed by atoms with van der Waals surface area (Å²) in [6, 6.07) is 7.16. The summed E-state index contributed by atoms with van der Waals surface area (Å²) < 4.78 is 5.59. The van der Waals surface area contributed by atoms with E-state index >= 15 is 0 Å². The third-order valence-electron chi connectivity index (χ3n) is 3.47. The second-order valence-electron chi connectivity index (χ2n) is 4.99. The van der Waals surface area contributed by atoms with Gasteiger partial charge in [-0.05, 0) is 18.2 Å². The molecular formula is C15H14BrN3O3S. The van der Waals surface area contributed by atoms with Gasteiger partial charge in [-0.25, -0.2) is 9.78 Å². The van der Waals surface area contributed by atoms with Crippen molar-refractivity contribution in [2.24, 2.45) is 0 Å². The number of nitrogens with one attached hydrogen (secondary N) is 1. The number of carbonyl (C=O) groups excluding carboxylic acids is 2. The van der Waals surface area contributed by atoms with Gasteiger partial charge in [-0.2, -0.15) is 0 Å². The van der Waals surface area contributed by atoms with Gasteiger partial charge in [0.05, 0.1) is 19.3 Å². The molecule has 2 aromatic rings. The molecule has 1 aromatic carbocycles. The van der Waals surface area contributed by atoms with E-state index in [1.807, 2.05) is 6.07 Å². The van der Waals surface area contributed by atoms with Crippen molar-refractivity contribution in [3.63, 3.8) is 0 Å². The number of methoxy groups -OCH3 is 1. The Hall–Kier alpha value is -1.93. The fourth-order valence-electron chi connectivity index (χ4n) is 2.33. The first-order valence-electron chi connectivity index (χ1n) is 6.95. The molecule has 2 heterocycles. The fourth-order valence-corrected chi connectivity index (χ4v) is 3.75. The second kappa shape index (κ2) is 6.67. The van der Waals surface area contributed by atoms with E-state index in [9.17, 15) is 9.59 Å². The van der Waals surface area contributed by atoms with Gasteiger partial charge in [-0.3, -0.25) is 10.1 Å². The molecule has 1 aliphatic heterocycles. The number of hydrogen-bond acceptors (Lipinski definition) is 5. The van der Waals surface area contributed by atoms with Crippen molar-refractivity contribution in [3.8, 4) is 0 Å². The standard InChI is InChI=1S/C15H14BrN3O3S/c1-22-15(21)19-6-5-11-12(8-19)23-14(17-11)18-13(20)9-3-2-4-10(16)7-9/h2-4,7H,5-6,8H2,1H3,(H,17,18,20). The topological polar surface area (TPSA) is 71.5 Å². The van der Waals surface area contributed by atoms with E-state index in [0.29, 0.717) is 30.2 Å². The van der Waals surface area contributed by atoms with Crippen LogP contribution in [0.2, 0.25) is 0 Å². The van der Waals surface area contributed by atoms with Crippen molar-refractivity contribution in [1.29, 1.82) is 0 Å². The van der Waals surface area contributed by atoms with Gasteiger partial charge in [0.25, 0.3) is 5.91 Å². The van der Waals surface area contributed by atoms with Crippen molar-refractivity contribution >= 4 is 44.4 Å². The summed E-state index contributed by atoms with van der Waals surface area (Å²) in [6.45, 7) is 1.04. The molecule has 2 amide bonds. The highest BCUT2D eigenvalue weighted by molar-refractivity contribution is 9.10. The molecule has 120 valence electrons. The number of amides is 2. The molecule has 1 N–H and O–H groups in total. The van der Waals surface area contributed by atoms with Gasteiger partial charge in [0.2, 0.25) is 0 Å². The molecule has 0 unspecified atom stereocenters. The number of carbonyl (C=O) groups is 2. The van der Waals surface area contributed by atoms with Crippen molar-refractivity contribution in [2.45, 2.75) is 13.0 Å². The van der Waals surface area contributed by atoms with Crippen LogP contribution < -0.4 is 5.32 Å². The number of thiazole rings is 1. The van der Waals surface area contributed by atoms with Gasteiger partial charge in [0.15, 0.2) is 5.13 Å². The zero-order valence-corrected chi connectivity index (χ0v) is 14.7. The molecule has 0 spiro atoms. The van der Waals surface area contributed by atoms with E-state index in [2.05, 4.69) is 26.2 Å². The highest BCUT2D eigenvalue weighted by Crippen LogP contribution is 2.29. The largest absolute Gasteiger partial charge is 0.453 e. The van der Waals surface area contributed by atoms with Crippen LogP contribution in [0.25, 0.3) is 0 Å². The zero-order valence-electron chi connectivity index (χ0n) is 12.3. The number of aromatic nitrogens is 1. The summed E-state index contributed by atoms with van der Waals surface area (Å²) >= 11 is 4.74. The maximum absolute atomic E-state index is 12.2. The lowest BCUT2D eigenvalue weighted by molar-refractivity contribution is 0.102. The first kappa shape index (κ1) is 15.9. The number of nitrogens with zero attached hydrogens (tertiary/aromatic N) is 2.